The van der Waals surface area contributed by atoms with Crippen molar-refractivity contribution in [3.8, 4) is 11.5 Å². The summed E-state index contributed by atoms with van der Waals surface area (Å²) in [6, 6.07) is 9.50. The molecule has 0 radical (unpaired) electrons. The number of aryl methyl sites for hydroxylation is 2. The van der Waals surface area contributed by atoms with Gasteiger partial charge < -0.3 is 20.1 Å². The second-order valence-corrected chi connectivity index (χ2v) is 7.27. The van der Waals surface area contributed by atoms with Gasteiger partial charge in [-0.1, -0.05) is 13.8 Å². The fourth-order valence-electron chi connectivity index (χ4n) is 3.31. The SMILES string of the molecule is Cc1cc(NC(=O)CC(=O)O)cc(C)c1Oc1ccc2[nH]cc(C(C)C)c2c1. The minimum absolute atomic E-state index is 0.404. The molecule has 0 aliphatic carbocycles. The van der Waals surface area contributed by atoms with Crippen LogP contribution in [0.2, 0.25) is 0 Å². The van der Waals surface area contributed by atoms with E-state index in [0.717, 1.165) is 33.5 Å². The molecule has 6 nitrogen and oxygen atoms in total. The van der Waals surface area contributed by atoms with E-state index in [0.29, 0.717) is 11.6 Å². The van der Waals surface area contributed by atoms with Gasteiger partial charge in [0.05, 0.1) is 0 Å². The van der Waals surface area contributed by atoms with Gasteiger partial charge in [-0.3, -0.25) is 9.59 Å². The Labute approximate surface area is 163 Å². The summed E-state index contributed by atoms with van der Waals surface area (Å²) < 4.78 is 6.16. The second-order valence-electron chi connectivity index (χ2n) is 7.27. The zero-order valence-corrected chi connectivity index (χ0v) is 16.4. The molecule has 3 N–H and O–H groups in total. The molecule has 0 atom stereocenters. The van der Waals surface area contributed by atoms with E-state index >= 15 is 0 Å². The molecule has 6 heteroatoms. The molecule has 0 saturated carbocycles. The topological polar surface area (TPSA) is 91.4 Å². The lowest BCUT2D eigenvalue weighted by Gasteiger charge is -2.15. The highest BCUT2D eigenvalue weighted by molar-refractivity contribution is 6.01. The Hall–Kier alpha value is -3.28. The number of benzene rings is 2. The number of aromatic nitrogens is 1. The number of anilines is 1. The Bertz CT molecular complexity index is 1030. The zero-order valence-electron chi connectivity index (χ0n) is 16.4. The van der Waals surface area contributed by atoms with Gasteiger partial charge in [0.2, 0.25) is 5.91 Å². The summed E-state index contributed by atoms with van der Waals surface area (Å²) in [5.74, 6) is 0.146. The summed E-state index contributed by atoms with van der Waals surface area (Å²) in [5, 5.41) is 12.5. The van der Waals surface area contributed by atoms with Gasteiger partial charge in [0.15, 0.2) is 0 Å². The molecule has 2 aromatic carbocycles. The number of aliphatic carboxylic acids is 1. The van der Waals surface area contributed by atoms with Crippen LogP contribution < -0.4 is 10.1 Å². The summed E-state index contributed by atoms with van der Waals surface area (Å²) >= 11 is 0. The lowest BCUT2D eigenvalue weighted by Crippen LogP contribution is -2.16. The van der Waals surface area contributed by atoms with Crippen LogP contribution in [0.25, 0.3) is 10.9 Å². The molecular formula is C22H24N2O4. The van der Waals surface area contributed by atoms with Gasteiger partial charge >= 0.3 is 5.97 Å². The molecule has 0 unspecified atom stereocenters. The summed E-state index contributed by atoms with van der Waals surface area (Å²) in [7, 11) is 0. The summed E-state index contributed by atoms with van der Waals surface area (Å²) in [6.07, 6.45) is 1.47. The molecule has 28 heavy (non-hydrogen) atoms. The second kappa shape index (κ2) is 7.76. The predicted octanol–water partition coefficient (Wildman–Crippen LogP) is 5.11. The molecule has 1 aromatic heterocycles. The van der Waals surface area contributed by atoms with E-state index in [4.69, 9.17) is 9.84 Å². The normalized spacial score (nSPS) is 11.0. The van der Waals surface area contributed by atoms with Gasteiger partial charge in [0.25, 0.3) is 0 Å². The molecule has 0 spiro atoms. The Morgan fingerprint density at radius 2 is 1.82 bits per heavy atom. The van der Waals surface area contributed by atoms with Crippen molar-refractivity contribution in [1.29, 1.82) is 0 Å². The van der Waals surface area contributed by atoms with Crippen LogP contribution in [0.15, 0.2) is 36.5 Å². The van der Waals surface area contributed by atoms with Gasteiger partial charge in [-0.15, -0.1) is 0 Å². The first-order valence-electron chi connectivity index (χ1n) is 9.16. The van der Waals surface area contributed by atoms with Gasteiger partial charge in [-0.05, 0) is 66.8 Å². The molecule has 3 aromatic rings. The number of hydrogen-bond donors (Lipinski definition) is 3. The molecule has 1 heterocycles. The number of rotatable bonds is 6. The average Bonchev–Trinajstić information content (AvgIpc) is 3.00. The molecule has 146 valence electrons. The number of carbonyl (C=O) groups excluding carboxylic acids is 1. The number of hydrogen-bond acceptors (Lipinski definition) is 3. The first kappa shape index (κ1) is 19.5. The number of aromatic amines is 1. The lowest BCUT2D eigenvalue weighted by molar-refractivity contribution is -0.139. The number of carbonyl (C=O) groups is 2. The number of nitrogens with one attached hydrogen (secondary N) is 2. The Morgan fingerprint density at radius 3 is 2.43 bits per heavy atom. The Morgan fingerprint density at radius 1 is 1.14 bits per heavy atom. The first-order valence-corrected chi connectivity index (χ1v) is 9.16. The van der Waals surface area contributed by atoms with Crippen molar-refractivity contribution in [2.24, 2.45) is 0 Å². The maximum absolute atomic E-state index is 11.7. The fraction of sp³-hybridized carbons (Fsp3) is 0.273. The van der Waals surface area contributed by atoms with Crippen molar-refractivity contribution in [1.82, 2.24) is 4.98 Å². The van der Waals surface area contributed by atoms with Gasteiger partial charge in [-0.2, -0.15) is 0 Å². The van der Waals surface area contributed by atoms with Gasteiger partial charge in [-0.25, -0.2) is 0 Å². The monoisotopic (exact) mass is 380 g/mol. The van der Waals surface area contributed by atoms with Crippen molar-refractivity contribution in [3.63, 3.8) is 0 Å². The molecule has 1 amide bonds. The third kappa shape index (κ3) is 4.17. The van der Waals surface area contributed by atoms with Crippen molar-refractivity contribution in [2.75, 3.05) is 5.32 Å². The molecule has 0 fully saturated rings. The number of fused-ring (bicyclic) bond motifs is 1. The number of H-pyrrole nitrogens is 1. The van der Waals surface area contributed by atoms with Gasteiger partial charge in [0.1, 0.15) is 17.9 Å². The van der Waals surface area contributed by atoms with E-state index < -0.39 is 18.3 Å². The highest BCUT2D eigenvalue weighted by Gasteiger charge is 2.13. The number of carboxylic acids is 1. The Kier molecular flexibility index (Phi) is 5.40. The van der Waals surface area contributed by atoms with Crippen LogP contribution in [-0.2, 0) is 9.59 Å². The number of amides is 1. The van der Waals surface area contributed by atoms with E-state index in [1.165, 1.54) is 5.56 Å². The van der Waals surface area contributed by atoms with Crippen LogP contribution >= 0.6 is 0 Å². The maximum atomic E-state index is 11.7. The van der Waals surface area contributed by atoms with Crippen LogP contribution in [-0.4, -0.2) is 22.0 Å². The molecule has 0 bridgehead atoms. The van der Waals surface area contributed by atoms with Crippen molar-refractivity contribution < 1.29 is 19.4 Å². The summed E-state index contributed by atoms with van der Waals surface area (Å²) in [6.45, 7) is 8.09. The predicted molar refractivity (Wildman–Crippen MR) is 109 cm³/mol. The standard InChI is InChI=1S/C22H24N2O4/c1-12(2)18-11-23-19-6-5-16(9-17(18)19)28-22-13(3)7-15(8-14(22)4)24-20(25)10-21(26)27/h5-9,11-12,23H,10H2,1-4H3,(H,24,25)(H,26,27). The third-order valence-corrected chi connectivity index (χ3v) is 4.58. The van der Waals surface area contributed by atoms with Gasteiger partial charge in [0, 0.05) is 22.8 Å². The first-order chi connectivity index (χ1) is 13.2. The minimum atomic E-state index is -1.16. The average molecular weight is 380 g/mol. The minimum Gasteiger partial charge on any atom is -0.481 e. The van der Waals surface area contributed by atoms with Crippen molar-refractivity contribution >= 4 is 28.5 Å². The molecule has 0 aliphatic rings. The molecule has 0 aliphatic heterocycles. The third-order valence-electron chi connectivity index (χ3n) is 4.58. The Balaban J connectivity index is 1.86. The number of ether oxygens (including phenoxy) is 1. The summed E-state index contributed by atoms with van der Waals surface area (Å²) in [4.78, 5) is 25.6. The summed E-state index contributed by atoms with van der Waals surface area (Å²) in [5.41, 5.74) is 4.57. The van der Waals surface area contributed by atoms with Crippen LogP contribution in [0.5, 0.6) is 11.5 Å². The highest BCUT2D eigenvalue weighted by atomic mass is 16.5. The molecule has 3 rings (SSSR count). The smallest absolute Gasteiger partial charge is 0.312 e. The molecule has 0 saturated heterocycles. The molecular weight excluding hydrogens is 356 g/mol. The highest BCUT2D eigenvalue weighted by Crippen LogP contribution is 2.34. The lowest BCUT2D eigenvalue weighted by atomic mass is 10.0. The van der Waals surface area contributed by atoms with E-state index in [9.17, 15) is 9.59 Å². The van der Waals surface area contributed by atoms with Crippen molar-refractivity contribution in [2.45, 2.75) is 40.0 Å². The largest absolute Gasteiger partial charge is 0.481 e. The zero-order chi connectivity index (χ0) is 20.4. The van der Waals surface area contributed by atoms with Crippen LogP contribution in [0.1, 0.15) is 42.9 Å². The van der Waals surface area contributed by atoms with Crippen molar-refractivity contribution in [3.05, 3.63) is 53.2 Å². The van der Waals surface area contributed by atoms with E-state index in [-0.39, 0.29) is 0 Å². The number of carboxylic acid groups (broad SMARTS) is 1. The quantitative estimate of drug-likeness (QED) is 0.518. The van der Waals surface area contributed by atoms with E-state index in [1.807, 2.05) is 38.2 Å². The van der Waals surface area contributed by atoms with E-state index in [1.54, 1.807) is 12.1 Å². The van der Waals surface area contributed by atoms with Crippen LogP contribution in [0.3, 0.4) is 0 Å². The fourth-order valence-corrected chi connectivity index (χ4v) is 3.31. The van der Waals surface area contributed by atoms with Crippen LogP contribution in [0, 0.1) is 13.8 Å². The maximum Gasteiger partial charge on any atom is 0.312 e. The van der Waals surface area contributed by atoms with Crippen LogP contribution in [0.4, 0.5) is 5.69 Å². The van der Waals surface area contributed by atoms with E-state index in [2.05, 4.69) is 24.1 Å².